The van der Waals surface area contributed by atoms with Crippen molar-refractivity contribution in [2.45, 2.75) is 19.0 Å². The van der Waals surface area contributed by atoms with Crippen LogP contribution in [0.1, 0.15) is 18.4 Å². The van der Waals surface area contributed by atoms with Gasteiger partial charge in [-0.15, -0.1) is 0 Å². The molecule has 25 heavy (non-hydrogen) atoms. The van der Waals surface area contributed by atoms with Gasteiger partial charge in [-0.05, 0) is 31.1 Å². The zero-order chi connectivity index (χ0) is 18.8. The molecule has 1 aliphatic rings. The van der Waals surface area contributed by atoms with Crippen LogP contribution in [0.5, 0.6) is 5.75 Å². The van der Waals surface area contributed by atoms with Crippen molar-refractivity contribution in [3.8, 4) is 5.75 Å². The molecule has 0 aliphatic carbocycles. The Morgan fingerprint density at radius 2 is 1.92 bits per heavy atom. The Balaban J connectivity index is 2.10. The molecule has 1 aromatic rings. The summed E-state index contributed by atoms with van der Waals surface area (Å²) in [5, 5.41) is 12.2. The number of phenols is 1. The third-order valence-electron chi connectivity index (χ3n) is 3.99. The van der Waals surface area contributed by atoms with Crippen LogP contribution >= 0.6 is 15.9 Å². The number of rotatable bonds is 3. The number of piperidine rings is 1. The van der Waals surface area contributed by atoms with Crippen LogP contribution in [-0.2, 0) is 15.8 Å². The van der Waals surface area contributed by atoms with Gasteiger partial charge in [-0.3, -0.25) is 9.59 Å². The van der Waals surface area contributed by atoms with Crippen molar-refractivity contribution in [2.75, 3.05) is 18.4 Å². The molecule has 1 aromatic carbocycles. The summed E-state index contributed by atoms with van der Waals surface area (Å²) < 4.78 is 38.8. The lowest BCUT2D eigenvalue weighted by Crippen LogP contribution is -2.40. The van der Waals surface area contributed by atoms with Gasteiger partial charge in [0.05, 0.1) is 5.69 Å². The minimum Gasteiger partial charge on any atom is -0.505 e. The van der Waals surface area contributed by atoms with Gasteiger partial charge in [0, 0.05) is 23.5 Å². The van der Waals surface area contributed by atoms with Crippen molar-refractivity contribution in [1.82, 2.24) is 4.90 Å². The summed E-state index contributed by atoms with van der Waals surface area (Å²) in [6.45, 7) is 4.12. The normalized spacial score (nSPS) is 15.8. The number of benzene rings is 1. The van der Waals surface area contributed by atoms with E-state index in [1.54, 1.807) is 4.90 Å². The van der Waals surface area contributed by atoms with Crippen molar-refractivity contribution in [1.29, 1.82) is 0 Å². The summed E-state index contributed by atoms with van der Waals surface area (Å²) in [7, 11) is 0. The number of nitrogens with one attached hydrogen (secondary N) is 1. The molecule has 0 atom stereocenters. The molecule has 9 heteroatoms. The first kappa shape index (κ1) is 19.3. The van der Waals surface area contributed by atoms with E-state index in [-0.39, 0.29) is 16.1 Å². The summed E-state index contributed by atoms with van der Waals surface area (Å²) in [6, 6.07) is 1.95. The van der Waals surface area contributed by atoms with Gasteiger partial charge < -0.3 is 15.3 Å². The standard InChI is InChI=1S/C16H16BrF3N2O3/c1-2-13(23)22-5-3-9(4-6-22)15(25)21-12-8-10(17)7-11(14(12)24)16(18,19)20/h2,7-9,24H,1,3-6H2,(H,21,25). The van der Waals surface area contributed by atoms with Gasteiger partial charge in [0.15, 0.2) is 5.75 Å². The van der Waals surface area contributed by atoms with Gasteiger partial charge >= 0.3 is 6.18 Å². The molecule has 5 nitrogen and oxygen atoms in total. The largest absolute Gasteiger partial charge is 0.505 e. The molecule has 1 heterocycles. The van der Waals surface area contributed by atoms with Crippen molar-refractivity contribution in [2.24, 2.45) is 5.92 Å². The molecular formula is C16H16BrF3N2O3. The molecule has 1 saturated heterocycles. The van der Waals surface area contributed by atoms with Gasteiger partial charge in [0.2, 0.25) is 11.8 Å². The molecule has 136 valence electrons. The third-order valence-corrected chi connectivity index (χ3v) is 4.45. The fraction of sp³-hybridized carbons (Fsp3) is 0.375. The number of anilines is 1. The number of carbonyl (C=O) groups is 2. The van der Waals surface area contributed by atoms with Crippen molar-refractivity contribution < 1.29 is 27.9 Å². The smallest absolute Gasteiger partial charge is 0.420 e. The number of hydrogen-bond acceptors (Lipinski definition) is 3. The predicted octanol–water partition coefficient (Wildman–Crippen LogP) is 3.54. The monoisotopic (exact) mass is 420 g/mol. The van der Waals surface area contributed by atoms with E-state index in [0.717, 1.165) is 6.07 Å². The highest BCUT2D eigenvalue weighted by atomic mass is 79.9. The summed E-state index contributed by atoms with van der Waals surface area (Å²) in [6.07, 6.45) is -2.79. The van der Waals surface area contributed by atoms with E-state index in [4.69, 9.17) is 0 Å². The Labute approximate surface area is 150 Å². The number of nitrogens with zero attached hydrogens (tertiary/aromatic N) is 1. The van der Waals surface area contributed by atoms with Crippen LogP contribution in [0.4, 0.5) is 18.9 Å². The topological polar surface area (TPSA) is 69.6 Å². The molecular weight excluding hydrogens is 405 g/mol. The van der Waals surface area contributed by atoms with E-state index in [2.05, 4.69) is 27.8 Å². The highest BCUT2D eigenvalue weighted by Gasteiger charge is 2.36. The van der Waals surface area contributed by atoms with Crippen molar-refractivity contribution in [3.63, 3.8) is 0 Å². The van der Waals surface area contributed by atoms with E-state index in [1.807, 2.05) is 0 Å². The van der Waals surface area contributed by atoms with Crippen molar-refractivity contribution in [3.05, 3.63) is 34.8 Å². The molecule has 0 spiro atoms. The number of carbonyl (C=O) groups excluding carboxylic acids is 2. The first-order valence-electron chi connectivity index (χ1n) is 7.45. The predicted molar refractivity (Wildman–Crippen MR) is 88.9 cm³/mol. The lowest BCUT2D eigenvalue weighted by molar-refractivity contribution is -0.138. The fourth-order valence-corrected chi connectivity index (χ4v) is 3.09. The lowest BCUT2D eigenvalue weighted by Gasteiger charge is -2.30. The number of halogens is 4. The Kier molecular flexibility index (Phi) is 5.76. The fourth-order valence-electron chi connectivity index (χ4n) is 2.64. The number of likely N-dealkylation sites (tertiary alicyclic amines) is 1. The van der Waals surface area contributed by atoms with Gasteiger partial charge in [-0.2, -0.15) is 13.2 Å². The zero-order valence-corrected chi connectivity index (χ0v) is 14.7. The Hall–Kier alpha value is -2.03. The number of alkyl halides is 3. The maximum Gasteiger partial charge on any atom is 0.420 e. The van der Waals surface area contributed by atoms with E-state index >= 15 is 0 Å². The third kappa shape index (κ3) is 4.53. The molecule has 1 fully saturated rings. The zero-order valence-electron chi connectivity index (χ0n) is 13.1. The molecule has 2 N–H and O–H groups in total. The molecule has 0 aromatic heterocycles. The van der Waals surface area contributed by atoms with Crippen LogP contribution in [0.15, 0.2) is 29.3 Å². The van der Waals surface area contributed by atoms with Crippen LogP contribution in [-0.4, -0.2) is 34.9 Å². The molecule has 0 unspecified atom stereocenters. The Bertz CT molecular complexity index is 699. The number of phenolic OH excluding ortho intramolecular Hbond substituents is 1. The molecule has 2 amide bonds. The minimum absolute atomic E-state index is 0.0827. The number of amides is 2. The molecule has 0 bridgehead atoms. The molecule has 2 rings (SSSR count). The van der Waals surface area contributed by atoms with Crippen LogP contribution in [0.25, 0.3) is 0 Å². The van der Waals surface area contributed by atoms with Gasteiger partial charge in [-0.25, -0.2) is 0 Å². The maximum absolute atomic E-state index is 12.9. The van der Waals surface area contributed by atoms with E-state index < -0.39 is 29.3 Å². The number of hydrogen-bond donors (Lipinski definition) is 2. The lowest BCUT2D eigenvalue weighted by atomic mass is 9.95. The first-order valence-corrected chi connectivity index (χ1v) is 8.24. The quantitative estimate of drug-likeness (QED) is 0.580. The maximum atomic E-state index is 12.9. The molecule has 0 radical (unpaired) electrons. The van der Waals surface area contributed by atoms with Crippen LogP contribution in [0, 0.1) is 5.92 Å². The second-order valence-electron chi connectivity index (χ2n) is 5.64. The van der Waals surface area contributed by atoms with Gasteiger partial charge in [-0.1, -0.05) is 22.5 Å². The summed E-state index contributed by atoms with van der Waals surface area (Å²) in [5.74, 6) is -2.20. The van der Waals surface area contributed by atoms with Crippen LogP contribution in [0.2, 0.25) is 0 Å². The molecule has 0 saturated carbocycles. The van der Waals surface area contributed by atoms with Crippen LogP contribution < -0.4 is 5.32 Å². The van der Waals surface area contributed by atoms with Gasteiger partial charge in [0.25, 0.3) is 0 Å². The highest BCUT2D eigenvalue weighted by molar-refractivity contribution is 9.10. The highest BCUT2D eigenvalue weighted by Crippen LogP contribution is 2.42. The summed E-state index contributed by atoms with van der Waals surface area (Å²) >= 11 is 2.94. The first-order chi connectivity index (χ1) is 11.6. The van der Waals surface area contributed by atoms with Crippen LogP contribution in [0.3, 0.4) is 0 Å². The summed E-state index contributed by atoms with van der Waals surface area (Å²) in [5.41, 5.74) is -1.54. The van der Waals surface area contributed by atoms with Crippen molar-refractivity contribution >= 4 is 33.4 Å². The van der Waals surface area contributed by atoms with E-state index in [1.165, 1.54) is 12.1 Å². The SMILES string of the molecule is C=CC(=O)N1CCC(C(=O)Nc2cc(Br)cc(C(F)(F)F)c2O)CC1. The molecule has 1 aliphatic heterocycles. The minimum atomic E-state index is -4.75. The van der Waals surface area contributed by atoms with E-state index in [9.17, 15) is 27.9 Å². The average Bonchev–Trinajstić information content (AvgIpc) is 2.56. The second kappa shape index (κ2) is 7.47. The Morgan fingerprint density at radius 1 is 1.32 bits per heavy atom. The Morgan fingerprint density at radius 3 is 2.44 bits per heavy atom. The average molecular weight is 421 g/mol. The van der Waals surface area contributed by atoms with E-state index in [0.29, 0.717) is 25.9 Å². The second-order valence-corrected chi connectivity index (χ2v) is 6.56. The number of aromatic hydroxyl groups is 1. The van der Waals surface area contributed by atoms with Gasteiger partial charge in [0.1, 0.15) is 5.56 Å². The summed E-state index contributed by atoms with van der Waals surface area (Å²) in [4.78, 5) is 25.4.